The minimum absolute atomic E-state index is 0.619. The van der Waals surface area contributed by atoms with Gasteiger partial charge in [-0.05, 0) is 28.1 Å². The van der Waals surface area contributed by atoms with Gasteiger partial charge in [0.25, 0.3) is 0 Å². The molecule has 0 fully saturated rings. The molecule has 0 bridgehead atoms. The molecule has 0 unspecified atom stereocenters. The predicted molar refractivity (Wildman–Crippen MR) is 73.8 cm³/mol. The number of halogens is 1. The molecule has 5 heteroatoms. The third kappa shape index (κ3) is 2.48. The normalized spacial score (nSPS) is 10.6. The van der Waals surface area contributed by atoms with Gasteiger partial charge in [0.15, 0.2) is 5.82 Å². The first-order valence-electron chi connectivity index (χ1n) is 5.89. The predicted octanol–water partition coefficient (Wildman–Crippen LogP) is 3.04. The molecule has 0 N–H and O–H groups in total. The minimum atomic E-state index is 0.619. The molecule has 94 valence electrons. The van der Waals surface area contributed by atoms with Crippen LogP contribution >= 0.6 is 11.6 Å². The van der Waals surface area contributed by atoms with Crippen molar-refractivity contribution in [1.29, 1.82) is 0 Å². The van der Waals surface area contributed by atoms with Crippen LogP contribution in [0.3, 0.4) is 0 Å². The zero-order chi connectivity index (χ0) is 13.1. The fourth-order valence-electron chi connectivity index (χ4n) is 1.90. The lowest BCUT2D eigenvalue weighted by atomic mass is 10.2. The Hall–Kier alpha value is -2.20. The van der Waals surface area contributed by atoms with Crippen molar-refractivity contribution in [1.82, 2.24) is 20.2 Å². The topological polar surface area (TPSA) is 43.6 Å². The van der Waals surface area contributed by atoms with Gasteiger partial charge in [-0.1, -0.05) is 54.1 Å². The standard InChI is InChI=1S/C14H11ClN4/c15-13-9-5-4-8-12(13)14-16-17-18-19(14)10-11-6-2-1-3-7-11/h1-9H,10H2. The third-order valence-corrected chi connectivity index (χ3v) is 3.15. The highest BCUT2D eigenvalue weighted by molar-refractivity contribution is 6.33. The Labute approximate surface area is 115 Å². The summed E-state index contributed by atoms with van der Waals surface area (Å²) in [6, 6.07) is 17.6. The first kappa shape index (κ1) is 11.9. The van der Waals surface area contributed by atoms with Crippen LogP contribution in [0.2, 0.25) is 5.02 Å². The maximum Gasteiger partial charge on any atom is 0.183 e. The van der Waals surface area contributed by atoms with E-state index in [2.05, 4.69) is 15.5 Å². The molecule has 2 aromatic carbocycles. The Bertz CT molecular complexity index is 679. The van der Waals surface area contributed by atoms with E-state index in [1.165, 1.54) is 0 Å². The number of rotatable bonds is 3. The van der Waals surface area contributed by atoms with Gasteiger partial charge in [0.05, 0.1) is 11.6 Å². The Kier molecular flexibility index (Phi) is 3.25. The molecular weight excluding hydrogens is 260 g/mol. The molecule has 0 aliphatic carbocycles. The quantitative estimate of drug-likeness (QED) is 0.735. The van der Waals surface area contributed by atoms with E-state index in [0.29, 0.717) is 17.4 Å². The van der Waals surface area contributed by atoms with Crippen LogP contribution in [-0.4, -0.2) is 20.2 Å². The number of hydrogen-bond acceptors (Lipinski definition) is 3. The summed E-state index contributed by atoms with van der Waals surface area (Å²) < 4.78 is 1.75. The highest BCUT2D eigenvalue weighted by Crippen LogP contribution is 2.25. The fourth-order valence-corrected chi connectivity index (χ4v) is 2.12. The summed E-state index contributed by atoms with van der Waals surface area (Å²) in [6.45, 7) is 0.619. The lowest BCUT2D eigenvalue weighted by molar-refractivity contribution is 0.653. The van der Waals surface area contributed by atoms with Crippen molar-refractivity contribution in [2.24, 2.45) is 0 Å². The first-order valence-corrected chi connectivity index (χ1v) is 6.27. The van der Waals surface area contributed by atoms with Crippen LogP contribution in [0.15, 0.2) is 54.6 Å². The molecule has 3 rings (SSSR count). The van der Waals surface area contributed by atoms with E-state index in [-0.39, 0.29) is 0 Å². The van der Waals surface area contributed by atoms with Crippen molar-refractivity contribution >= 4 is 11.6 Å². The average Bonchev–Trinajstić information content (AvgIpc) is 2.88. The molecule has 0 radical (unpaired) electrons. The van der Waals surface area contributed by atoms with Crippen molar-refractivity contribution in [3.8, 4) is 11.4 Å². The smallest absolute Gasteiger partial charge is 0.183 e. The van der Waals surface area contributed by atoms with Crippen molar-refractivity contribution < 1.29 is 0 Å². The molecule has 0 aliphatic rings. The molecule has 0 spiro atoms. The van der Waals surface area contributed by atoms with Crippen LogP contribution < -0.4 is 0 Å². The molecular formula is C14H11ClN4. The Balaban J connectivity index is 1.98. The summed E-state index contributed by atoms with van der Waals surface area (Å²) in [6.07, 6.45) is 0. The molecule has 0 atom stereocenters. The summed E-state index contributed by atoms with van der Waals surface area (Å²) in [5.74, 6) is 0.675. The SMILES string of the molecule is Clc1ccccc1-c1nnnn1Cc1ccccc1. The lowest BCUT2D eigenvalue weighted by Crippen LogP contribution is -2.04. The van der Waals surface area contributed by atoms with Crippen LogP contribution in [0.1, 0.15) is 5.56 Å². The van der Waals surface area contributed by atoms with E-state index < -0.39 is 0 Å². The second-order valence-electron chi connectivity index (χ2n) is 4.13. The van der Waals surface area contributed by atoms with Crippen LogP contribution in [0.25, 0.3) is 11.4 Å². The van der Waals surface area contributed by atoms with Gasteiger partial charge in [-0.2, -0.15) is 0 Å². The number of hydrogen-bond donors (Lipinski definition) is 0. The zero-order valence-corrected chi connectivity index (χ0v) is 10.8. The second kappa shape index (κ2) is 5.20. The van der Waals surface area contributed by atoms with E-state index in [0.717, 1.165) is 11.1 Å². The Morgan fingerprint density at radius 3 is 2.47 bits per heavy atom. The summed E-state index contributed by atoms with van der Waals surface area (Å²) >= 11 is 6.18. The zero-order valence-electron chi connectivity index (χ0n) is 10.1. The maximum atomic E-state index is 6.18. The summed E-state index contributed by atoms with van der Waals surface area (Å²) in [5.41, 5.74) is 1.98. The first-order chi connectivity index (χ1) is 9.34. The van der Waals surface area contributed by atoms with Gasteiger partial charge >= 0.3 is 0 Å². The highest BCUT2D eigenvalue weighted by atomic mass is 35.5. The lowest BCUT2D eigenvalue weighted by Gasteiger charge is -2.06. The van der Waals surface area contributed by atoms with Crippen LogP contribution in [-0.2, 0) is 6.54 Å². The minimum Gasteiger partial charge on any atom is -0.221 e. The van der Waals surface area contributed by atoms with E-state index in [9.17, 15) is 0 Å². The molecule has 1 heterocycles. The number of tetrazole rings is 1. The van der Waals surface area contributed by atoms with E-state index in [1.807, 2.05) is 54.6 Å². The summed E-state index contributed by atoms with van der Waals surface area (Å²) in [4.78, 5) is 0. The van der Waals surface area contributed by atoms with Crippen molar-refractivity contribution in [3.05, 3.63) is 65.2 Å². The van der Waals surface area contributed by atoms with Gasteiger partial charge in [-0.25, -0.2) is 4.68 Å². The Morgan fingerprint density at radius 2 is 1.68 bits per heavy atom. The number of nitrogens with zero attached hydrogens (tertiary/aromatic N) is 4. The van der Waals surface area contributed by atoms with Gasteiger partial charge in [0, 0.05) is 5.56 Å². The van der Waals surface area contributed by atoms with Crippen molar-refractivity contribution in [3.63, 3.8) is 0 Å². The molecule has 0 saturated heterocycles. The molecule has 0 amide bonds. The molecule has 1 aromatic heterocycles. The molecule has 0 aliphatic heterocycles. The van der Waals surface area contributed by atoms with Crippen molar-refractivity contribution in [2.75, 3.05) is 0 Å². The third-order valence-electron chi connectivity index (χ3n) is 2.82. The van der Waals surface area contributed by atoms with Gasteiger partial charge in [0.2, 0.25) is 0 Å². The van der Waals surface area contributed by atoms with Crippen molar-refractivity contribution in [2.45, 2.75) is 6.54 Å². The largest absolute Gasteiger partial charge is 0.221 e. The van der Waals surface area contributed by atoms with Gasteiger partial charge < -0.3 is 0 Å². The van der Waals surface area contributed by atoms with Crippen LogP contribution in [0.4, 0.5) is 0 Å². The van der Waals surface area contributed by atoms with Gasteiger partial charge in [-0.15, -0.1) is 5.10 Å². The molecule has 19 heavy (non-hydrogen) atoms. The highest BCUT2D eigenvalue weighted by Gasteiger charge is 2.11. The summed E-state index contributed by atoms with van der Waals surface area (Å²) in [7, 11) is 0. The average molecular weight is 271 g/mol. The Morgan fingerprint density at radius 1 is 0.947 bits per heavy atom. The van der Waals surface area contributed by atoms with E-state index in [4.69, 9.17) is 11.6 Å². The summed E-state index contributed by atoms with van der Waals surface area (Å²) in [5, 5.41) is 12.5. The second-order valence-corrected chi connectivity index (χ2v) is 4.53. The number of benzene rings is 2. The monoisotopic (exact) mass is 270 g/mol. The van der Waals surface area contributed by atoms with E-state index >= 15 is 0 Å². The number of aromatic nitrogens is 4. The van der Waals surface area contributed by atoms with Crippen LogP contribution in [0, 0.1) is 0 Å². The molecule has 0 saturated carbocycles. The fraction of sp³-hybridized carbons (Fsp3) is 0.0714. The van der Waals surface area contributed by atoms with Gasteiger partial charge in [-0.3, -0.25) is 0 Å². The van der Waals surface area contributed by atoms with Gasteiger partial charge in [0.1, 0.15) is 0 Å². The molecule has 4 nitrogen and oxygen atoms in total. The van der Waals surface area contributed by atoms with E-state index in [1.54, 1.807) is 4.68 Å². The maximum absolute atomic E-state index is 6.18. The van der Waals surface area contributed by atoms with Crippen LogP contribution in [0.5, 0.6) is 0 Å². The molecule has 3 aromatic rings.